The summed E-state index contributed by atoms with van der Waals surface area (Å²) in [4.78, 5) is 14.3. The minimum Gasteiger partial charge on any atom is -0.483 e. The third kappa shape index (κ3) is 11.6. The van der Waals surface area contributed by atoms with E-state index in [0.717, 1.165) is 44.0 Å². The molecule has 7 heteroatoms. The average molecular weight is 408 g/mol. The van der Waals surface area contributed by atoms with Gasteiger partial charge in [0.15, 0.2) is 6.61 Å². The molecule has 1 rings (SSSR count). The van der Waals surface area contributed by atoms with Crippen LogP contribution in [0.1, 0.15) is 40.2 Å². The standard InChI is InChI=1S/C19H33N3O2.2ClH/c1-6-22(7-2)13-12-20-14-16-10-8-9-11-17(16)24-15-18(23)21-19(3,4)5;;/h8-11,20H,6-7,12-15H2,1-5H3,(H,21,23);2*1H. The highest BCUT2D eigenvalue weighted by Crippen LogP contribution is 2.17. The number of hydrogen-bond acceptors (Lipinski definition) is 4. The van der Waals surface area contributed by atoms with Gasteiger partial charge in [0, 0.05) is 30.7 Å². The lowest BCUT2D eigenvalue weighted by Crippen LogP contribution is -2.43. The number of carbonyl (C=O) groups is 1. The Morgan fingerprint density at radius 1 is 1.12 bits per heavy atom. The summed E-state index contributed by atoms with van der Waals surface area (Å²) in [6, 6.07) is 7.85. The Morgan fingerprint density at radius 3 is 2.31 bits per heavy atom. The highest BCUT2D eigenvalue weighted by Gasteiger charge is 2.14. The number of rotatable bonds is 10. The first-order chi connectivity index (χ1) is 11.4. The molecule has 152 valence electrons. The van der Waals surface area contributed by atoms with Crippen LogP contribution in [0.3, 0.4) is 0 Å². The Kier molecular flexibility index (Phi) is 14.8. The summed E-state index contributed by atoms with van der Waals surface area (Å²) in [5.41, 5.74) is 0.826. The largest absolute Gasteiger partial charge is 0.483 e. The Hall–Kier alpha value is -1.01. The number of ether oxygens (including phenoxy) is 1. The molecule has 0 saturated heterocycles. The molecule has 26 heavy (non-hydrogen) atoms. The van der Waals surface area contributed by atoms with Gasteiger partial charge in [-0.25, -0.2) is 0 Å². The summed E-state index contributed by atoms with van der Waals surface area (Å²) in [6.45, 7) is 15.1. The third-order valence-corrected chi connectivity index (χ3v) is 3.66. The fraction of sp³-hybridized carbons (Fsp3) is 0.632. The number of halogens is 2. The molecule has 0 spiro atoms. The quantitative estimate of drug-likeness (QED) is 0.584. The number of benzene rings is 1. The van der Waals surface area contributed by atoms with E-state index < -0.39 is 0 Å². The lowest BCUT2D eigenvalue weighted by Gasteiger charge is -2.21. The molecule has 5 nitrogen and oxygen atoms in total. The Bertz CT molecular complexity index is 504. The zero-order valence-corrected chi connectivity index (χ0v) is 18.3. The minimum absolute atomic E-state index is 0. The number of nitrogens with one attached hydrogen (secondary N) is 2. The molecule has 0 aromatic heterocycles. The van der Waals surface area contributed by atoms with Crippen LogP contribution < -0.4 is 15.4 Å². The predicted molar refractivity (Wildman–Crippen MR) is 114 cm³/mol. The van der Waals surface area contributed by atoms with E-state index in [1.807, 2.05) is 45.0 Å². The van der Waals surface area contributed by atoms with Gasteiger partial charge in [-0.3, -0.25) is 4.79 Å². The Labute approximate surface area is 171 Å². The van der Waals surface area contributed by atoms with Gasteiger partial charge in [0.05, 0.1) is 0 Å². The molecule has 0 bridgehead atoms. The molecule has 1 aromatic rings. The van der Waals surface area contributed by atoms with Crippen LogP contribution in [0.25, 0.3) is 0 Å². The van der Waals surface area contributed by atoms with Gasteiger partial charge >= 0.3 is 0 Å². The van der Waals surface area contributed by atoms with Crippen molar-refractivity contribution in [1.29, 1.82) is 0 Å². The van der Waals surface area contributed by atoms with Crippen LogP contribution >= 0.6 is 24.8 Å². The molecule has 0 aliphatic carbocycles. The second-order valence-corrected chi connectivity index (χ2v) is 6.90. The SMILES string of the molecule is CCN(CC)CCNCc1ccccc1OCC(=O)NC(C)(C)C.Cl.Cl. The lowest BCUT2D eigenvalue weighted by molar-refractivity contribution is -0.124. The molecule has 0 heterocycles. The number of likely N-dealkylation sites (N-methyl/N-ethyl adjacent to an activating group) is 1. The normalized spacial score (nSPS) is 10.7. The Morgan fingerprint density at radius 2 is 1.73 bits per heavy atom. The second-order valence-electron chi connectivity index (χ2n) is 6.90. The summed E-state index contributed by atoms with van der Waals surface area (Å²) in [7, 11) is 0. The highest BCUT2D eigenvalue weighted by atomic mass is 35.5. The molecule has 0 aliphatic heterocycles. The van der Waals surface area contributed by atoms with Crippen molar-refractivity contribution in [2.24, 2.45) is 0 Å². The van der Waals surface area contributed by atoms with Gasteiger partial charge in [0.1, 0.15) is 5.75 Å². The average Bonchev–Trinajstić information content (AvgIpc) is 2.52. The molecular weight excluding hydrogens is 373 g/mol. The van der Waals surface area contributed by atoms with E-state index in [9.17, 15) is 4.79 Å². The molecule has 0 aliphatic rings. The molecule has 0 saturated carbocycles. The molecule has 1 amide bonds. The van der Waals surface area contributed by atoms with Crippen LogP contribution in [0, 0.1) is 0 Å². The fourth-order valence-corrected chi connectivity index (χ4v) is 2.39. The first kappa shape index (κ1) is 27.2. The van der Waals surface area contributed by atoms with Gasteiger partial charge in [-0.05, 0) is 39.9 Å². The van der Waals surface area contributed by atoms with Crippen LogP contribution in [0.5, 0.6) is 5.75 Å². The summed E-state index contributed by atoms with van der Waals surface area (Å²) in [5.74, 6) is 0.656. The van der Waals surface area contributed by atoms with E-state index >= 15 is 0 Å². The van der Waals surface area contributed by atoms with Crippen LogP contribution in [-0.2, 0) is 11.3 Å². The molecule has 2 N–H and O–H groups in total. The van der Waals surface area contributed by atoms with Crippen molar-refractivity contribution >= 4 is 30.7 Å². The van der Waals surface area contributed by atoms with Crippen molar-refractivity contribution in [2.75, 3.05) is 32.8 Å². The van der Waals surface area contributed by atoms with E-state index in [4.69, 9.17) is 4.74 Å². The van der Waals surface area contributed by atoms with Crippen LogP contribution in [0.15, 0.2) is 24.3 Å². The fourth-order valence-electron chi connectivity index (χ4n) is 2.39. The number of amides is 1. The van der Waals surface area contributed by atoms with E-state index in [-0.39, 0.29) is 42.9 Å². The lowest BCUT2D eigenvalue weighted by atomic mass is 10.1. The summed E-state index contributed by atoms with van der Waals surface area (Å²) < 4.78 is 5.70. The number of carbonyl (C=O) groups excluding carboxylic acids is 1. The van der Waals surface area contributed by atoms with Gasteiger partial charge in [0.2, 0.25) is 0 Å². The van der Waals surface area contributed by atoms with Gasteiger partial charge in [-0.15, -0.1) is 24.8 Å². The maximum Gasteiger partial charge on any atom is 0.258 e. The summed E-state index contributed by atoms with van der Waals surface area (Å²) >= 11 is 0. The molecular formula is C19H35Cl2N3O2. The predicted octanol–water partition coefficient (Wildman–Crippen LogP) is 3.26. The van der Waals surface area contributed by atoms with Crippen molar-refractivity contribution in [1.82, 2.24) is 15.5 Å². The van der Waals surface area contributed by atoms with E-state index in [0.29, 0.717) is 0 Å². The van der Waals surface area contributed by atoms with Gasteiger partial charge in [-0.1, -0.05) is 32.0 Å². The summed E-state index contributed by atoms with van der Waals surface area (Å²) in [5, 5.41) is 6.35. The third-order valence-electron chi connectivity index (χ3n) is 3.66. The van der Waals surface area contributed by atoms with Crippen molar-refractivity contribution in [3.05, 3.63) is 29.8 Å². The van der Waals surface area contributed by atoms with Crippen LogP contribution in [0.4, 0.5) is 0 Å². The molecule has 0 fully saturated rings. The maximum atomic E-state index is 11.9. The molecule has 0 radical (unpaired) electrons. The van der Waals surface area contributed by atoms with E-state index in [1.165, 1.54) is 0 Å². The monoisotopic (exact) mass is 407 g/mol. The van der Waals surface area contributed by atoms with Gasteiger partial charge < -0.3 is 20.3 Å². The van der Waals surface area contributed by atoms with E-state index in [1.54, 1.807) is 0 Å². The maximum absolute atomic E-state index is 11.9. The highest BCUT2D eigenvalue weighted by molar-refractivity contribution is 5.85. The van der Waals surface area contributed by atoms with Crippen molar-refractivity contribution in [3.63, 3.8) is 0 Å². The minimum atomic E-state index is -0.244. The topological polar surface area (TPSA) is 53.6 Å². The first-order valence-electron chi connectivity index (χ1n) is 8.80. The van der Waals surface area contributed by atoms with Crippen molar-refractivity contribution in [2.45, 2.75) is 46.7 Å². The zero-order chi connectivity index (χ0) is 18.0. The molecule has 0 atom stereocenters. The summed E-state index contributed by atoms with van der Waals surface area (Å²) in [6.07, 6.45) is 0. The smallest absolute Gasteiger partial charge is 0.258 e. The Balaban J connectivity index is 0. The second kappa shape index (κ2) is 14.1. The molecule has 1 aromatic carbocycles. The van der Waals surface area contributed by atoms with E-state index in [2.05, 4.69) is 29.4 Å². The van der Waals surface area contributed by atoms with Crippen LogP contribution in [-0.4, -0.2) is 49.1 Å². The first-order valence-corrected chi connectivity index (χ1v) is 8.80. The molecule has 0 unspecified atom stereocenters. The number of nitrogens with zero attached hydrogens (tertiary/aromatic N) is 1. The van der Waals surface area contributed by atoms with Gasteiger partial charge in [0.25, 0.3) is 5.91 Å². The van der Waals surface area contributed by atoms with Crippen molar-refractivity contribution < 1.29 is 9.53 Å². The van der Waals surface area contributed by atoms with Crippen LogP contribution in [0.2, 0.25) is 0 Å². The number of hydrogen-bond donors (Lipinski definition) is 2. The zero-order valence-electron chi connectivity index (χ0n) is 16.6. The number of para-hydroxylation sites is 1. The van der Waals surface area contributed by atoms with Gasteiger partial charge in [-0.2, -0.15) is 0 Å². The van der Waals surface area contributed by atoms with Crippen molar-refractivity contribution in [3.8, 4) is 5.75 Å².